The van der Waals surface area contributed by atoms with E-state index in [0.29, 0.717) is 23.8 Å². The first kappa shape index (κ1) is 14.7. The Hall–Kier alpha value is -1.75. The van der Waals surface area contributed by atoms with Crippen LogP contribution in [0.5, 0.6) is 11.5 Å². The Balaban J connectivity index is 1.86. The number of anilines is 1. The molecule has 1 aromatic rings. The molecule has 110 valence electrons. The predicted molar refractivity (Wildman–Crippen MR) is 78.4 cm³/mol. The lowest BCUT2D eigenvalue weighted by Crippen LogP contribution is -2.15. The molecule has 1 amide bonds. The maximum atomic E-state index is 11.9. The lowest BCUT2D eigenvalue weighted by Gasteiger charge is -2.11. The number of hydrogen-bond acceptors (Lipinski definition) is 4. The number of hydrogen-bond donors (Lipinski definition) is 2. The minimum atomic E-state index is 0.0455. The van der Waals surface area contributed by atoms with E-state index in [9.17, 15) is 4.79 Å². The van der Waals surface area contributed by atoms with Crippen LogP contribution in [-0.2, 0) is 4.79 Å². The molecular formula is C15H22N2O3. The fourth-order valence-electron chi connectivity index (χ4n) is 2.43. The van der Waals surface area contributed by atoms with Gasteiger partial charge in [-0.2, -0.15) is 0 Å². The van der Waals surface area contributed by atoms with Gasteiger partial charge in [-0.3, -0.25) is 4.79 Å². The number of methoxy groups -OCH3 is 2. The van der Waals surface area contributed by atoms with Crippen molar-refractivity contribution in [1.29, 1.82) is 0 Å². The molecule has 0 radical (unpaired) electrons. The molecule has 0 aliphatic carbocycles. The predicted octanol–water partition coefficient (Wildman–Crippen LogP) is 2.03. The summed E-state index contributed by atoms with van der Waals surface area (Å²) in [6, 6.07) is 5.37. The van der Waals surface area contributed by atoms with Gasteiger partial charge in [-0.05, 0) is 44.0 Å². The minimum Gasteiger partial charge on any atom is -0.493 e. The second-order valence-corrected chi connectivity index (χ2v) is 5.02. The summed E-state index contributed by atoms with van der Waals surface area (Å²) in [5.41, 5.74) is 0.734. The largest absolute Gasteiger partial charge is 0.493 e. The Morgan fingerprint density at radius 1 is 1.35 bits per heavy atom. The molecule has 0 aromatic heterocycles. The van der Waals surface area contributed by atoms with E-state index in [1.807, 2.05) is 6.07 Å². The van der Waals surface area contributed by atoms with Gasteiger partial charge in [0.15, 0.2) is 11.5 Å². The summed E-state index contributed by atoms with van der Waals surface area (Å²) in [4.78, 5) is 11.9. The molecule has 1 aliphatic rings. The van der Waals surface area contributed by atoms with E-state index in [0.717, 1.165) is 25.2 Å². The molecule has 0 spiro atoms. The molecule has 2 N–H and O–H groups in total. The summed E-state index contributed by atoms with van der Waals surface area (Å²) in [7, 11) is 3.17. The van der Waals surface area contributed by atoms with Crippen LogP contribution in [0.25, 0.3) is 0 Å². The number of ether oxygens (including phenoxy) is 2. The topological polar surface area (TPSA) is 59.6 Å². The van der Waals surface area contributed by atoms with Gasteiger partial charge in [-0.15, -0.1) is 0 Å². The van der Waals surface area contributed by atoms with Gasteiger partial charge in [0, 0.05) is 18.2 Å². The van der Waals surface area contributed by atoms with E-state index in [1.54, 1.807) is 26.4 Å². The highest BCUT2D eigenvalue weighted by Crippen LogP contribution is 2.29. The number of carbonyl (C=O) groups excluding carboxylic acids is 1. The van der Waals surface area contributed by atoms with Crippen LogP contribution < -0.4 is 20.1 Å². The van der Waals surface area contributed by atoms with Crippen LogP contribution in [0.4, 0.5) is 5.69 Å². The second-order valence-electron chi connectivity index (χ2n) is 5.02. The maximum absolute atomic E-state index is 11.9. The van der Waals surface area contributed by atoms with Crippen molar-refractivity contribution >= 4 is 11.6 Å². The Morgan fingerprint density at radius 2 is 2.15 bits per heavy atom. The molecule has 2 rings (SSSR count). The zero-order chi connectivity index (χ0) is 14.4. The molecular weight excluding hydrogens is 256 g/mol. The molecule has 0 bridgehead atoms. The summed E-state index contributed by atoms with van der Waals surface area (Å²) >= 11 is 0. The Kier molecular flexibility index (Phi) is 5.24. The third kappa shape index (κ3) is 3.87. The zero-order valence-corrected chi connectivity index (χ0v) is 12.1. The maximum Gasteiger partial charge on any atom is 0.224 e. The first-order valence-corrected chi connectivity index (χ1v) is 6.95. The summed E-state index contributed by atoms with van der Waals surface area (Å²) in [5, 5.41) is 6.21. The van der Waals surface area contributed by atoms with Gasteiger partial charge in [-0.25, -0.2) is 0 Å². The SMILES string of the molecule is COc1ccc(NC(=O)CCC2CCNC2)cc1OC. The molecule has 0 saturated carbocycles. The minimum absolute atomic E-state index is 0.0455. The Bertz CT molecular complexity index is 456. The monoisotopic (exact) mass is 278 g/mol. The van der Waals surface area contributed by atoms with Crippen LogP contribution >= 0.6 is 0 Å². The number of nitrogens with one attached hydrogen (secondary N) is 2. The lowest BCUT2D eigenvalue weighted by molar-refractivity contribution is -0.116. The number of amides is 1. The van der Waals surface area contributed by atoms with Crippen LogP contribution in [0.3, 0.4) is 0 Å². The molecule has 5 nitrogen and oxygen atoms in total. The summed E-state index contributed by atoms with van der Waals surface area (Å²) in [5.74, 6) is 1.95. The lowest BCUT2D eigenvalue weighted by atomic mass is 10.0. The normalized spacial score (nSPS) is 17.8. The molecule has 1 aromatic carbocycles. The molecule has 5 heteroatoms. The molecule has 1 unspecified atom stereocenters. The highest BCUT2D eigenvalue weighted by Gasteiger charge is 2.16. The van der Waals surface area contributed by atoms with Gasteiger partial charge >= 0.3 is 0 Å². The quantitative estimate of drug-likeness (QED) is 0.836. The molecule has 1 heterocycles. The molecule has 1 aliphatic heterocycles. The summed E-state index contributed by atoms with van der Waals surface area (Å²) < 4.78 is 10.4. The first-order chi connectivity index (χ1) is 9.72. The standard InChI is InChI=1S/C15H22N2O3/c1-19-13-5-4-12(9-14(13)20-2)17-15(18)6-3-11-7-8-16-10-11/h4-5,9,11,16H,3,6-8,10H2,1-2H3,(H,17,18). The summed E-state index contributed by atoms with van der Waals surface area (Å²) in [6.45, 7) is 2.10. The van der Waals surface area contributed by atoms with Gasteiger partial charge in [-0.1, -0.05) is 0 Å². The number of benzene rings is 1. The van der Waals surface area contributed by atoms with Crippen molar-refractivity contribution in [2.75, 3.05) is 32.6 Å². The molecule has 1 atom stereocenters. The fraction of sp³-hybridized carbons (Fsp3) is 0.533. The van der Waals surface area contributed by atoms with E-state index >= 15 is 0 Å². The van der Waals surface area contributed by atoms with Crippen molar-refractivity contribution < 1.29 is 14.3 Å². The average Bonchev–Trinajstić information content (AvgIpc) is 2.98. The smallest absolute Gasteiger partial charge is 0.224 e. The zero-order valence-electron chi connectivity index (χ0n) is 12.1. The third-order valence-electron chi connectivity index (χ3n) is 3.61. The average molecular weight is 278 g/mol. The highest BCUT2D eigenvalue weighted by molar-refractivity contribution is 5.91. The Morgan fingerprint density at radius 3 is 2.80 bits per heavy atom. The van der Waals surface area contributed by atoms with Crippen molar-refractivity contribution in [3.05, 3.63) is 18.2 Å². The van der Waals surface area contributed by atoms with E-state index < -0.39 is 0 Å². The van der Waals surface area contributed by atoms with Crippen LogP contribution in [-0.4, -0.2) is 33.2 Å². The number of rotatable bonds is 6. The van der Waals surface area contributed by atoms with Crippen LogP contribution in [0.15, 0.2) is 18.2 Å². The van der Waals surface area contributed by atoms with E-state index in [2.05, 4.69) is 10.6 Å². The first-order valence-electron chi connectivity index (χ1n) is 6.95. The van der Waals surface area contributed by atoms with Crippen molar-refractivity contribution in [2.24, 2.45) is 5.92 Å². The van der Waals surface area contributed by atoms with E-state index in [1.165, 1.54) is 6.42 Å². The van der Waals surface area contributed by atoms with Crippen molar-refractivity contribution in [1.82, 2.24) is 5.32 Å². The second kappa shape index (κ2) is 7.14. The van der Waals surface area contributed by atoms with Gasteiger partial charge in [0.1, 0.15) is 0 Å². The van der Waals surface area contributed by atoms with Gasteiger partial charge < -0.3 is 20.1 Å². The summed E-state index contributed by atoms with van der Waals surface area (Å²) in [6.07, 6.45) is 2.66. The van der Waals surface area contributed by atoms with Crippen molar-refractivity contribution in [3.8, 4) is 11.5 Å². The van der Waals surface area contributed by atoms with E-state index in [-0.39, 0.29) is 5.91 Å². The van der Waals surface area contributed by atoms with Gasteiger partial charge in [0.05, 0.1) is 14.2 Å². The molecule has 1 saturated heterocycles. The van der Waals surface area contributed by atoms with Crippen LogP contribution in [0.1, 0.15) is 19.3 Å². The van der Waals surface area contributed by atoms with E-state index in [4.69, 9.17) is 9.47 Å². The van der Waals surface area contributed by atoms with Gasteiger partial charge in [0.25, 0.3) is 0 Å². The van der Waals surface area contributed by atoms with Crippen molar-refractivity contribution in [3.63, 3.8) is 0 Å². The highest BCUT2D eigenvalue weighted by atomic mass is 16.5. The van der Waals surface area contributed by atoms with Crippen LogP contribution in [0.2, 0.25) is 0 Å². The third-order valence-corrected chi connectivity index (χ3v) is 3.61. The number of carbonyl (C=O) groups is 1. The van der Waals surface area contributed by atoms with Crippen LogP contribution in [0, 0.1) is 5.92 Å². The Labute approximate surface area is 119 Å². The fourth-order valence-corrected chi connectivity index (χ4v) is 2.43. The van der Waals surface area contributed by atoms with Crippen molar-refractivity contribution in [2.45, 2.75) is 19.3 Å². The molecule has 1 fully saturated rings. The molecule has 20 heavy (non-hydrogen) atoms. The van der Waals surface area contributed by atoms with Gasteiger partial charge in [0.2, 0.25) is 5.91 Å².